The normalized spacial score (nSPS) is 11.2. The molecule has 11 heteroatoms. The highest BCUT2D eigenvalue weighted by Gasteiger charge is 2.16. The number of ether oxygens (including phenoxy) is 1. The number of nitrogens with zero attached hydrogens (tertiary/aromatic N) is 4. The molecule has 0 radical (unpaired) electrons. The van der Waals surface area contributed by atoms with E-state index in [0.717, 1.165) is 5.56 Å². The maximum absolute atomic E-state index is 12.9. The third-order valence-corrected chi connectivity index (χ3v) is 5.90. The Labute approximate surface area is 208 Å². The Morgan fingerprint density at radius 1 is 1.17 bits per heavy atom. The number of methoxy groups -OCH3 is 1. The van der Waals surface area contributed by atoms with Crippen molar-refractivity contribution < 1.29 is 13.9 Å². The highest BCUT2D eigenvalue weighted by molar-refractivity contribution is 6.30. The summed E-state index contributed by atoms with van der Waals surface area (Å²) >= 11 is 6.03. The molecule has 0 atom stereocenters. The molecule has 0 aliphatic heterocycles. The number of hydrogen-bond donors (Lipinski definition) is 1. The van der Waals surface area contributed by atoms with E-state index in [1.165, 1.54) is 34.9 Å². The van der Waals surface area contributed by atoms with Gasteiger partial charge in [0, 0.05) is 17.0 Å². The topological polar surface area (TPSA) is 121 Å². The lowest BCUT2D eigenvalue weighted by atomic mass is 10.1. The van der Waals surface area contributed by atoms with Gasteiger partial charge in [-0.15, -0.1) is 0 Å². The number of fused-ring (bicyclic) bond motifs is 2. The van der Waals surface area contributed by atoms with Gasteiger partial charge in [-0.3, -0.25) is 14.2 Å². The lowest BCUT2D eigenvalue weighted by Gasteiger charge is -2.08. The van der Waals surface area contributed by atoms with Crippen molar-refractivity contribution in [2.45, 2.75) is 13.1 Å². The summed E-state index contributed by atoms with van der Waals surface area (Å²) in [6, 6.07) is 13.8. The predicted molar refractivity (Wildman–Crippen MR) is 134 cm³/mol. The number of nitrogens with one attached hydrogen (secondary N) is 1. The van der Waals surface area contributed by atoms with Gasteiger partial charge in [0.2, 0.25) is 0 Å². The van der Waals surface area contributed by atoms with Gasteiger partial charge in [-0.25, -0.2) is 14.5 Å². The molecule has 36 heavy (non-hydrogen) atoms. The fraction of sp³-hybridized carbons (Fsp3) is 0.160. The van der Waals surface area contributed by atoms with Gasteiger partial charge in [-0.05, 0) is 29.8 Å². The Balaban J connectivity index is 1.30. The Morgan fingerprint density at radius 3 is 2.81 bits per heavy atom. The molecule has 0 bridgehead atoms. The Kier molecular flexibility index (Phi) is 6.26. The van der Waals surface area contributed by atoms with Crippen LogP contribution in [-0.2, 0) is 13.1 Å². The summed E-state index contributed by atoms with van der Waals surface area (Å²) < 4.78 is 13.5. The van der Waals surface area contributed by atoms with Crippen LogP contribution in [0.3, 0.4) is 0 Å². The van der Waals surface area contributed by atoms with Gasteiger partial charge >= 0.3 is 5.63 Å². The first kappa shape index (κ1) is 23.3. The Morgan fingerprint density at radius 2 is 2.00 bits per heavy atom. The molecular weight excluding hydrogens is 486 g/mol. The molecule has 5 aromatic rings. The average Bonchev–Trinajstić information content (AvgIpc) is 3.28. The molecule has 0 aliphatic carbocycles. The van der Waals surface area contributed by atoms with Crippen molar-refractivity contribution in [1.82, 2.24) is 24.6 Å². The van der Waals surface area contributed by atoms with Crippen LogP contribution in [0.1, 0.15) is 15.9 Å². The van der Waals surface area contributed by atoms with E-state index in [9.17, 15) is 14.4 Å². The number of benzene rings is 2. The third kappa shape index (κ3) is 4.46. The molecule has 0 saturated heterocycles. The molecule has 0 aliphatic rings. The minimum absolute atomic E-state index is 0.122. The van der Waals surface area contributed by atoms with Crippen LogP contribution in [0.15, 0.2) is 75.1 Å². The third-order valence-electron chi connectivity index (χ3n) is 5.66. The summed E-state index contributed by atoms with van der Waals surface area (Å²) in [5.74, 6) is -0.178. The predicted octanol–water partition coefficient (Wildman–Crippen LogP) is 2.84. The smallest absolute Gasteiger partial charge is 0.349 e. The van der Waals surface area contributed by atoms with E-state index in [0.29, 0.717) is 33.7 Å². The van der Waals surface area contributed by atoms with Gasteiger partial charge in [-0.2, -0.15) is 5.10 Å². The van der Waals surface area contributed by atoms with Crippen molar-refractivity contribution in [2.75, 3.05) is 13.7 Å². The zero-order valence-corrected chi connectivity index (χ0v) is 19.9. The number of aromatic nitrogens is 4. The first-order valence-electron chi connectivity index (χ1n) is 11.0. The van der Waals surface area contributed by atoms with Gasteiger partial charge in [0.05, 0.1) is 26.4 Å². The van der Waals surface area contributed by atoms with Crippen molar-refractivity contribution in [3.05, 3.63) is 98.0 Å². The number of rotatable bonds is 7. The molecule has 0 saturated carbocycles. The lowest BCUT2D eigenvalue weighted by molar-refractivity contribution is 0.0948. The second-order valence-corrected chi connectivity index (χ2v) is 8.43. The number of hydrogen-bond acceptors (Lipinski definition) is 7. The second-order valence-electron chi connectivity index (χ2n) is 7.99. The highest BCUT2D eigenvalue weighted by Crippen LogP contribution is 2.24. The number of amides is 1. The molecule has 182 valence electrons. The van der Waals surface area contributed by atoms with E-state index >= 15 is 0 Å². The minimum atomic E-state index is -0.768. The molecule has 0 unspecified atom stereocenters. The zero-order chi connectivity index (χ0) is 25.2. The summed E-state index contributed by atoms with van der Waals surface area (Å²) in [6.45, 7) is 0.717. The number of carbonyl (C=O) groups is 1. The summed E-state index contributed by atoms with van der Waals surface area (Å²) in [7, 11) is 1.47. The highest BCUT2D eigenvalue weighted by atomic mass is 35.5. The molecule has 3 aromatic heterocycles. The van der Waals surface area contributed by atoms with E-state index in [1.54, 1.807) is 30.3 Å². The summed E-state index contributed by atoms with van der Waals surface area (Å²) in [6.07, 6.45) is 2.91. The summed E-state index contributed by atoms with van der Waals surface area (Å²) in [4.78, 5) is 42.3. The van der Waals surface area contributed by atoms with Crippen molar-refractivity contribution in [1.29, 1.82) is 0 Å². The lowest BCUT2D eigenvalue weighted by Crippen LogP contribution is -2.31. The monoisotopic (exact) mass is 505 g/mol. The molecule has 0 fully saturated rings. The molecule has 10 nitrogen and oxygen atoms in total. The van der Waals surface area contributed by atoms with Crippen molar-refractivity contribution >= 4 is 39.5 Å². The summed E-state index contributed by atoms with van der Waals surface area (Å²) in [5, 5.41) is 8.44. The molecular formula is C25H20ClN5O5. The van der Waals surface area contributed by atoms with Crippen molar-refractivity contribution in [3.63, 3.8) is 0 Å². The molecule has 5 rings (SSSR count). The van der Waals surface area contributed by atoms with Gasteiger partial charge < -0.3 is 14.5 Å². The largest absolute Gasteiger partial charge is 0.493 e. The van der Waals surface area contributed by atoms with Crippen molar-refractivity contribution in [2.24, 2.45) is 0 Å². The van der Waals surface area contributed by atoms with Crippen molar-refractivity contribution in [3.8, 4) is 5.75 Å². The molecule has 2 aromatic carbocycles. The van der Waals surface area contributed by atoms with Crippen LogP contribution < -0.4 is 21.2 Å². The SMILES string of the molecule is COc1cccc2cc(C(=O)NCCn3ncc4c(=O)n(Cc5cccc(Cl)c5)cnc43)c(=O)oc12. The fourth-order valence-electron chi connectivity index (χ4n) is 3.91. The number of halogens is 1. The minimum Gasteiger partial charge on any atom is -0.493 e. The standard InChI is InChI=1S/C25H20ClN5O5/c1-35-20-7-3-5-16-11-18(25(34)36-21(16)20)23(32)27-8-9-31-22-19(12-29-31)24(33)30(14-28-22)13-15-4-2-6-17(26)10-15/h2-7,10-12,14H,8-9,13H2,1H3,(H,27,32). The van der Waals surface area contributed by atoms with E-state index < -0.39 is 11.5 Å². The zero-order valence-electron chi connectivity index (χ0n) is 19.1. The second kappa shape index (κ2) is 9.67. The average molecular weight is 506 g/mol. The van der Waals surface area contributed by atoms with Gasteiger partial charge in [0.1, 0.15) is 17.3 Å². The number of carbonyl (C=O) groups excluding carboxylic acids is 1. The first-order valence-corrected chi connectivity index (χ1v) is 11.4. The Bertz CT molecular complexity index is 1720. The van der Waals surface area contributed by atoms with Gasteiger partial charge in [0.25, 0.3) is 11.5 Å². The summed E-state index contributed by atoms with van der Waals surface area (Å²) in [5.41, 5.74) is 0.418. The van der Waals surface area contributed by atoms with E-state index in [-0.39, 0.29) is 29.8 Å². The molecule has 3 heterocycles. The van der Waals surface area contributed by atoms with Crippen LogP contribution in [0, 0.1) is 0 Å². The van der Waals surface area contributed by atoms with Crippen LogP contribution in [-0.4, -0.2) is 38.9 Å². The first-order chi connectivity index (χ1) is 17.4. The maximum Gasteiger partial charge on any atom is 0.349 e. The van der Waals surface area contributed by atoms with E-state index in [2.05, 4.69) is 15.4 Å². The van der Waals surface area contributed by atoms with Crippen LogP contribution in [0.4, 0.5) is 0 Å². The molecule has 0 spiro atoms. The van der Waals surface area contributed by atoms with Gasteiger partial charge in [0.15, 0.2) is 17.0 Å². The van der Waals surface area contributed by atoms with Crippen LogP contribution in [0.5, 0.6) is 5.75 Å². The van der Waals surface area contributed by atoms with Gasteiger partial charge in [-0.1, -0.05) is 35.9 Å². The Hall–Kier alpha value is -4.44. The molecule has 1 N–H and O–H groups in total. The van der Waals surface area contributed by atoms with Crippen LogP contribution in [0.2, 0.25) is 5.02 Å². The quantitative estimate of drug-likeness (QED) is 0.337. The van der Waals surface area contributed by atoms with E-state index in [1.807, 2.05) is 12.1 Å². The molecule has 1 amide bonds. The fourth-order valence-corrected chi connectivity index (χ4v) is 4.13. The van der Waals surface area contributed by atoms with Crippen LogP contribution >= 0.6 is 11.6 Å². The van der Waals surface area contributed by atoms with E-state index in [4.69, 9.17) is 20.8 Å². The van der Waals surface area contributed by atoms with Crippen LogP contribution in [0.25, 0.3) is 22.0 Å². The maximum atomic E-state index is 12.9. The number of para-hydroxylation sites is 1.